The highest BCUT2D eigenvalue weighted by atomic mass is 32.2. The molecule has 8 heteroatoms. The number of carbonyl (C=O) groups is 1. The van der Waals surface area contributed by atoms with E-state index in [1.807, 2.05) is 0 Å². The minimum absolute atomic E-state index is 0.223. The fraction of sp³-hybridized carbons (Fsp3) is 0.400. The maximum absolute atomic E-state index is 12.5. The summed E-state index contributed by atoms with van der Waals surface area (Å²) in [6.07, 6.45) is 3.23. The Morgan fingerprint density at radius 1 is 1.17 bits per heavy atom. The van der Waals surface area contributed by atoms with E-state index in [1.165, 1.54) is 12.1 Å². The number of alkyl halides is 3. The van der Waals surface area contributed by atoms with Crippen LogP contribution in [0.25, 0.3) is 6.08 Å². The molecule has 1 aliphatic rings. The van der Waals surface area contributed by atoms with Gasteiger partial charge in [-0.25, -0.2) is 0 Å². The molecule has 126 valence electrons. The van der Waals surface area contributed by atoms with Crippen LogP contribution in [0.3, 0.4) is 0 Å². The average Bonchev–Trinajstić information content (AvgIpc) is 2.42. The maximum atomic E-state index is 12.5. The first-order valence-electron chi connectivity index (χ1n) is 6.81. The van der Waals surface area contributed by atoms with E-state index in [9.17, 15) is 26.4 Å². The first-order chi connectivity index (χ1) is 10.4. The van der Waals surface area contributed by atoms with Crippen molar-refractivity contribution in [1.29, 1.82) is 0 Å². The molecule has 4 nitrogen and oxygen atoms in total. The van der Waals surface area contributed by atoms with E-state index in [0.717, 1.165) is 0 Å². The minimum Gasteiger partial charge on any atom is -0.376 e. The van der Waals surface area contributed by atoms with Crippen molar-refractivity contribution in [3.63, 3.8) is 0 Å². The number of aryl methyl sites for hydroxylation is 1. The van der Waals surface area contributed by atoms with Crippen molar-refractivity contribution in [3.8, 4) is 5.75 Å². The highest BCUT2D eigenvalue weighted by molar-refractivity contribution is 7.88. The maximum Gasteiger partial charge on any atom is 0.534 e. The van der Waals surface area contributed by atoms with Crippen LogP contribution in [0.4, 0.5) is 13.2 Å². The quantitative estimate of drug-likeness (QED) is 0.621. The zero-order valence-electron chi connectivity index (χ0n) is 12.7. The van der Waals surface area contributed by atoms with Crippen LogP contribution in [0.2, 0.25) is 0 Å². The molecular weight excluding hydrogens is 333 g/mol. The van der Waals surface area contributed by atoms with Crippen LogP contribution in [0.5, 0.6) is 5.75 Å². The lowest BCUT2D eigenvalue weighted by atomic mass is 9.74. The first kappa shape index (κ1) is 17.5. The van der Waals surface area contributed by atoms with E-state index in [0.29, 0.717) is 16.7 Å². The van der Waals surface area contributed by atoms with Gasteiger partial charge in [0.2, 0.25) is 0 Å². The predicted molar refractivity (Wildman–Crippen MR) is 78.5 cm³/mol. The Balaban J connectivity index is 2.61. The number of rotatable bonds is 3. The summed E-state index contributed by atoms with van der Waals surface area (Å²) in [5.74, 6) is -0.626. The van der Waals surface area contributed by atoms with Crippen LogP contribution in [0.1, 0.15) is 37.5 Å². The molecule has 0 aromatic heterocycles. The summed E-state index contributed by atoms with van der Waals surface area (Å²) >= 11 is 0. The molecule has 1 aromatic rings. The average molecular weight is 348 g/mol. The highest BCUT2D eigenvalue weighted by Gasteiger charge is 2.49. The first-order valence-corrected chi connectivity index (χ1v) is 8.21. The summed E-state index contributed by atoms with van der Waals surface area (Å²) in [6, 6.07) is 2.75. The second-order valence-corrected chi connectivity index (χ2v) is 7.24. The second-order valence-electron chi connectivity index (χ2n) is 5.71. The molecule has 0 aliphatic heterocycles. The predicted octanol–water partition coefficient (Wildman–Crippen LogP) is 3.35. The third-order valence-corrected chi connectivity index (χ3v) is 4.77. The van der Waals surface area contributed by atoms with E-state index in [-0.39, 0.29) is 12.2 Å². The lowest BCUT2D eigenvalue weighted by Crippen LogP contribution is -2.31. The van der Waals surface area contributed by atoms with Gasteiger partial charge in [0.25, 0.3) is 0 Å². The molecule has 23 heavy (non-hydrogen) atoms. The van der Waals surface area contributed by atoms with E-state index in [2.05, 4.69) is 4.18 Å². The molecule has 1 aromatic carbocycles. The van der Waals surface area contributed by atoms with E-state index >= 15 is 0 Å². The van der Waals surface area contributed by atoms with Crippen LogP contribution in [0, 0.1) is 0 Å². The summed E-state index contributed by atoms with van der Waals surface area (Å²) in [6.45, 7) is 4.90. The number of hydrogen-bond donors (Lipinski definition) is 0. The second kappa shape index (κ2) is 5.36. The summed E-state index contributed by atoms with van der Waals surface area (Å²) in [7, 11) is -5.76. The van der Waals surface area contributed by atoms with Gasteiger partial charge in [-0.3, -0.25) is 4.79 Å². The van der Waals surface area contributed by atoms with Crippen molar-refractivity contribution >= 4 is 22.0 Å². The third-order valence-electron chi connectivity index (χ3n) is 3.80. The topological polar surface area (TPSA) is 60.4 Å². The number of hydrogen-bond acceptors (Lipinski definition) is 4. The zero-order chi connectivity index (χ0) is 17.6. The molecule has 0 spiro atoms. The zero-order valence-corrected chi connectivity index (χ0v) is 13.5. The number of benzene rings is 1. The Bertz CT molecular complexity index is 790. The van der Waals surface area contributed by atoms with Gasteiger partial charge in [-0.05, 0) is 55.2 Å². The Morgan fingerprint density at radius 3 is 2.30 bits per heavy atom. The van der Waals surface area contributed by atoms with Gasteiger partial charge in [0.15, 0.2) is 5.78 Å². The fourth-order valence-corrected chi connectivity index (χ4v) is 2.83. The van der Waals surface area contributed by atoms with Gasteiger partial charge in [0.1, 0.15) is 5.75 Å². The Labute approximate surface area is 132 Å². The summed E-state index contributed by atoms with van der Waals surface area (Å²) in [5.41, 5.74) is -5.10. The number of fused-ring (bicyclic) bond motifs is 1. The van der Waals surface area contributed by atoms with Crippen molar-refractivity contribution in [1.82, 2.24) is 0 Å². The van der Waals surface area contributed by atoms with Gasteiger partial charge in [0, 0.05) is 0 Å². The molecule has 1 aliphatic carbocycles. The van der Waals surface area contributed by atoms with Crippen molar-refractivity contribution in [2.24, 2.45) is 0 Å². The van der Waals surface area contributed by atoms with E-state index < -0.39 is 26.8 Å². The molecule has 0 radical (unpaired) electrons. The SMILES string of the molecule is CCc1cc2c(cc1OS(=O)(=O)C(F)(F)F)C(C)(C)C(=O)C=C2. The van der Waals surface area contributed by atoms with Crippen LogP contribution in [0.15, 0.2) is 18.2 Å². The lowest BCUT2D eigenvalue weighted by molar-refractivity contribution is -0.118. The number of ketones is 1. The molecule has 0 bridgehead atoms. The Kier molecular flexibility index (Phi) is 4.09. The number of allylic oxidation sites excluding steroid dienone is 1. The highest BCUT2D eigenvalue weighted by Crippen LogP contribution is 2.38. The van der Waals surface area contributed by atoms with Gasteiger partial charge in [-0.1, -0.05) is 13.0 Å². The molecule has 0 fully saturated rings. The summed E-state index contributed by atoms with van der Waals surface area (Å²) < 4.78 is 64.4. The molecule has 0 atom stereocenters. The Morgan fingerprint density at radius 2 is 1.78 bits per heavy atom. The van der Waals surface area contributed by atoms with Crippen LogP contribution in [-0.4, -0.2) is 19.7 Å². The standard InChI is InChI=1S/C15H15F3O4S/c1-4-9-7-10-5-6-13(19)14(2,3)11(10)8-12(9)22-23(20,21)15(16,17)18/h5-8H,4H2,1-3H3. The normalized spacial score (nSPS) is 17.0. The molecule has 0 amide bonds. The molecule has 0 N–H and O–H groups in total. The minimum atomic E-state index is -5.76. The van der Waals surface area contributed by atoms with Gasteiger partial charge < -0.3 is 4.18 Å². The lowest BCUT2D eigenvalue weighted by Gasteiger charge is -2.28. The summed E-state index contributed by atoms with van der Waals surface area (Å²) in [4.78, 5) is 12.0. The molecule has 0 saturated heterocycles. The van der Waals surface area contributed by atoms with Gasteiger partial charge in [-0.2, -0.15) is 21.6 Å². The molecular formula is C15H15F3O4S. The molecule has 2 rings (SSSR count). The van der Waals surface area contributed by atoms with Crippen molar-refractivity contribution in [3.05, 3.63) is 34.9 Å². The Hall–Kier alpha value is -1.83. The van der Waals surface area contributed by atoms with Crippen molar-refractivity contribution < 1.29 is 30.6 Å². The molecule has 0 unspecified atom stereocenters. The van der Waals surface area contributed by atoms with Crippen LogP contribution < -0.4 is 4.18 Å². The largest absolute Gasteiger partial charge is 0.534 e. The van der Waals surface area contributed by atoms with Crippen LogP contribution in [-0.2, 0) is 26.7 Å². The fourth-order valence-electron chi connectivity index (χ4n) is 2.35. The number of halogens is 3. The van der Waals surface area contributed by atoms with Crippen LogP contribution >= 0.6 is 0 Å². The monoisotopic (exact) mass is 348 g/mol. The van der Waals surface area contributed by atoms with Crippen molar-refractivity contribution in [2.45, 2.75) is 38.1 Å². The van der Waals surface area contributed by atoms with Gasteiger partial charge in [0.05, 0.1) is 5.41 Å². The summed E-state index contributed by atoms with van der Waals surface area (Å²) in [5, 5.41) is 0. The number of carbonyl (C=O) groups excluding carboxylic acids is 1. The molecule has 0 saturated carbocycles. The van der Waals surface area contributed by atoms with E-state index in [1.54, 1.807) is 32.9 Å². The molecule has 0 heterocycles. The smallest absolute Gasteiger partial charge is 0.376 e. The van der Waals surface area contributed by atoms with Crippen molar-refractivity contribution in [2.75, 3.05) is 0 Å². The van der Waals surface area contributed by atoms with Gasteiger partial charge in [-0.15, -0.1) is 0 Å². The van der Waals surface area contributed by atoms with E-state index in [4.69, 9.17) is 0 Å². The third kappa shape index (κ3) is 2.99. The van der Waals surface area contributed by atoms with Gasteiger partial charge >= 0.3 is 15.6 Å².